The van der Waals surface area contributed by atoms with Gasteiger partial charge < -0.3 is 20.9 Å². The summed E-state index contributed by atoms with van der Waals surface area (Å²) in [6.45, 7) is 3.69. The Hall–Kier alpha value is -3.35. The van der Waals surface area contributed by atoms with E-state index in [0.29, 0.717) is 16.9 Å². The highest BCUT2D eigenvalue weighted by atomic mass is 16.2. The van der Waals surface area contributed by atoms with Crippen LogP contribution in [0.25, 0.3) is 0 Å². The van der Waals surface area contributed by atoms with Crippen molar-refractivity contribution >= 4 is 29.2 Å². The molecule has 0 fully saturated rings. The minimum absolute atomic E-state index is 0.131. The van der Waals surface area contributed by atoms with Gasteiger partial charge in [0.05, 0.1) is 0 Å². The summed E-state index contributed by atoms with van der Waals surface area (Å²) in [5.74, 6) is -0.641. The van der Waals surface area contributed by atoms with Crippen molar-refractivity contribution in [1.29, 1.82) is 0 Å². The summed E-state index contributed by atoms with van der Waals surface area (Å²) in [5.41, 5.74) is 1.60. The van der Waals surface area contributed by atoms with Crippen molar-refractivity contribution in [1.82, 2.24) is 10.2 Å². The number of benzene rings is 2. The second-order valence-electron chi connectivity index (χ2n) is 6.96. The summed E-state index contributed by atoms with van der Waals surface area (Å²) in [7, 11) is 3.33. The van der Waals surface area contributed by atoms with Gasteiger partial charge in [0.15, 0.2) is 0 Å². The molecule has 7 heteroatoms. The van der Waals surface area contributed by atoms with Crippen molar-refractivity contribution in [3.8, 4) is 0 Å². The highest BCUT2D eigenvalue weighted by Gasteiger charge is 2.24. The van der Waals surface area contributed by atoms with Crippen LogP contribution in [-0.2, 0) is 4.79 Å². The number of para-hydroxylation sites is 1. The fourth-order valence-electron chi connectivity index (χ4n) is 2.57. The van der Waals surface area contributed by atoms with Gasteiger partial charge >= 0.3 is 6.03 Å². The first-order chi connectivity index (χ1) is 13.3. The van der Waals surface area contributed by atoms with Gasteiger partial charge in [-0.25, -0.2) is 4.79 Å². The van der Waals surface area contributed by atoms with Gasteiger partial charge in [-0.15, -0.1) is 0 Å². The maximum Gasteiger partial charge on any atom is 0.319 e. The van der Waals surface area contributed by atoms with Gasteiger partial charge in [-0.05, 0) is 36.2 Å². The van der Waals surface area contributed by atoms with E-state index in [4.69, 9.17) is 0 Å². The standard InChI is InChI=1S/C21H26N4O3/c1-14(2)18(24-21(28)23-16-10-6-5-7-11-16)19(26)22-17-12-8-9-15(13-17)20(27)25(3)4/h5-14,18H,1-4H3,(H,22,26)(H2,23,24,28). The minimum atomic E-state index is -0.739. The van der Waals surface area contributed by atoms with E-state index >= 15 is 0 Å². The van der Waals surface area contributed by atoms with Gasteiger partial charge in [-0.3, -0.25) is 9.59 Å². The predicted octanol–water partition coefficient (Wildman–Crippen LogP) is 3.17. The fraction of sp³-hybridized carbons (Fsp3) is 0.286. The fourth-order valence-corrected chi connectivity index (χ4v) is 2.57. The van der Waals surface area contributed by atoms with Crippen molar-refractivity contribution in [2.75, 3.05) is 24.7 Å². The molecule has 7 nitrogen and oxygen atoms in total. The number of nitrogens with one attached hydrogen (secondary N) is 3. The molecule has 2 rings (SSSR count). The second-order valence-corrected chi connectivity index (χ2v) is 6.96. The molecule has 0 aromatic heterocycles. The number of urea groups is 1. The van der Waals surface area contributed by atoms with Crippen LogP contribution in [0, 0.1) is 5.92 Å². The van der Waals surface area contributed by atoms with Gasteiger partial charge in [0, 0.05) is 31.0 Å². The molecule has 28 heavy (non-hydrogen) atoms. The van der Waals surface area contributed by atoms with Gasteiger partial charge in [0.1, 0.15) is 6.04 Å². The molecule has 4 amide bonds. The number of anilines is 2. The molecule has 2 aromatic rings. The minimum Gasteiger partial charge on any atom is -0.345 e. The Morgan fingerprint density at radius 3 is 2.11 bits per heavy atom. The Labute approximate surface area is 165 Å². The summed E-state index contributed by atoms with van der Waals surface area (Å²) in [6, 6.07) is 14.5. The molecule has 0 saturated carbocycles. The molecule has 0 aliphatic carbocycles. The zero-order valence-corrected chi connectivity index (χ0v) is 16.5. The molecule has 0 radical (unpaired) electrons. The van der Waals surface area contributed by atoms with Crippen molar-refractivity contribution in [2.24, 2.45) is 5.92 Å². The van der Waals surface area contributed by atoms with Gasteiger partial charge in [0.25, 0.3) is 5.91 Å². The summed E-state index contributed by atoms with van der Waals surface area (Å²) in [6.07, 6.45) is 0. The molecule has 1 unspecified atom stereocenters. The highest BCUT2D eigenvalue weighted by Crippen LogP contribution is 2.14. The van der Waals surface area contributed by atoms with Crippen molar-refractivity contribution < 1.29 is 14.4 Å². The van der Waals surface area contributed by atoms with E-state index in [1.807, 2.05) is 32.0 Å². The second kappa shape index (κ2) is 9.55. The normalized spacial score (nSPS) is 11.5. The molecular formula is C21H26N4O3. The highest BCUT2D eigenvalue weighted by molar-refractivity contribution is 6.00. The van der Waals surface area contributed by atoms with E-state index < -0.39 is 12.1 Å². The van der Waals surface area contributed by atoms with E-state index in [1.54, 1.807) is 50.5 Å². The Kier molecular flexibility index (Phi) is 7.14. The zero-order valence-electron chi connectivity index (χ0n) is 16.5. The molecule has 1 atom stereocenters. The first-order valence-corrected chi connectivity index (χ1v) is 9.03. The average molecular weight is 382 g/mol. The molecule has 0 saturated heterocycles. The van der Waals surface area contributed by atoms with E-state index in [-0.39, 0.29) is 17.7 Å². The van der Waals surface area contributed by atoms with Crippen LogP contribution in [0.2, 0.25) is 0 Å². The van der Waals surface area contributed by atoms with Gasteiger partial charge in [0.2, 0.25) is 5.91 Å². The number of carbonyl (C=O) groups is 3. The van der Waals surface area contributed by atoms with Crippen LogP contribution < -0.4 is 16.0 Å². The quantitative estimate of drug-likeness (QED) is 0.717. The van der Waals surface area contributed by atoms with Crippen molar-refractivity contribution in [2.45, 2.75) is 19.9 Å². The zero-order chi connectivity index (χ0) is 20.7. The molecule has 0 spiro atoms. The van der Waals surface area contributed by atoms with Gasteiger partial charge in [-0.1, -0.05) is 38.1 Å². The lowest BCUT2D eigenvalue weighted by Gasteiger charge is -2.22. The maximum atomic E-state index is 12.7. The van der Waals surface area contributed by atoms with Crippen LogP contribution >= 0.6 is 0 Å². The van der Waals surface area contributed by atoms with E-state index in [9.17, 15) is 14.4 Å². The van der Waals surface area contributed by atoms with Crippen LogP contribution in [0.15, 0.2) is 54.6 Å². The Morgan fingerprint density at radius 2 is 1.50 bits per heavy atom. The first kappa shape index (κ1) is 21.0. The van der Waals surface area contributed by atoms with Crippen LogP contribution in [0.5, 0.6) is 0 Å². The molecule has 0 bridgehead atoms. The Morgan fingerprint density at radius 1 is 0.857 bits per heavy atom. The molecular weight excluding hydrogens is 356 g/mol. The summed E-state index contributed by atoms with van der Waals surface area (Å²) < 4.78 is 0. The van der Waals surface area contributed by atoms with Crippen LogP contribution in [0.1, 0.15) is 24.2 Å². The monoisotopic (exact) mass is 382 g/mol. The topological polar surface area (TPSA) is 90.5 Å². The largest absolute Gasteiger partial charge is 0.345 e. The van der Waals surface area contributed by atoms with Gasteiger partial charge in [-0.2, -0.15) is 0 Å². The number of hydrogen-bond acceptors (Lipinski definition) is 3. The van der Waals surface area contributed by atoms with Crippen LogP contribution in [-0.4, -0.2) is 42.9 Å². The third-order valence-electron chi connectivity index (χ3n) is 4.05. The Bertz CT molecular complexity index is 835. The number of carbonyl (C=O) groups excluding carboxylic acids is 3. The van der Waals surface area contributed by atoms with Crippen molar-refractivity contribution in [3.63, 3.8) is 0 Å². The molecule has 3 N–H and O–H groups in total. The Balaban J connectivity index is 2.06. The van der Waals surface area contributed by atoms with Crippen LogP contribution in [0.4, 0.5) is 16.2 Å². The lowest BCUT2D eigenvalue weighted by molar-refractivity contribution is -0.118. The van der Waals surface area contributed by atoms with E-state index in [1.165, 1.54) is 4.90 Å². The first-order valence-electron chi connectivity index (χ1n) is 9.03. The van der Waals surface area contributed by atoms with E-state index in [0.717, 1.165) is 0 Å². The van der Waals surface area contributed by atoms with Crippen molar-refractivity contribution in [3.05, 3.63) is 60.2 Å². The number of rotatable bonds is 6. The smallest absolute Gasteiger partial charge is 0.319 e. The summed E-state index contributed by atoms with van der Waals surface area (Å²) in [5, 5.41) is 8.18. The summed E-state index contributed by atoms with van der Waals surface area (Å²) in [4.78, 5) is 38.5. The molecule has 0 aliphatic rings. The third kappa shape index (κ3) is 5.84. The molecule has 0 aliphatic heterocycles. The SMILES string of the molecule is CC(C)C(NC(=O)Nc1ccccc1)C(=O)Nc1cccc(C(=O)N(C)C)c1. The lowest BCUT2D eigenvalue weighted by atomic mass is 10.0. The summed E-state index contributed by atoms with van der Waals surface area (Å²) >= 11 is 0. The van der Waals surface area contributed by atoms with E-state index in [2.05, 4.69) is 16.0 Å². The number of amides is 4. The molecule has 2 aromatic carbocycles. The lowest BCUT2D eigenvalue weighted by Crippen LogP contribution is -2.48. The maximum absolute atomic E-state index is 12.7. The molecule has 148 valence electrons. The number of hydrogen-bond donors (Lipinski definition) is 3. The third-order valence-corrected chi connectivity index (χ3v) is 4.05. The molecule has 0 heterocycles. The average Bonchev–Trinajstić information content (AvgIpc) is 2.66. The predicted molar refractivity (Wildman–Crippen MR) is 110 cm³/mol. The van der Waals surface area contributed by atoms with Crippen LogP contribution in [0.3, 0.4) is 0 Å². The number of nitrogens with zero attached hydrogens (tertiary/aromatic N) is 1.